The van der Waals surface area contributed by atoms with Gasteiger partial charge in [-0.05, 0) is 48.8 Å². The van der Waals surface area contributed by atoms with Crippen LogP contribution in [-0.4, -0.2) is 39.9 Å². The molecule has 196 valence electrons. The minimum absolute atomic E-state index is 0.0998. The highest BCUT2D eigenvalue weighted by Crippen LogP contribution is 2.27. The zero-order valence-electron chi connectivity index (χ0n) is 21.0. The minimum atomic E-state index is -0.782. The van der Waals surface area contributed by atoms with Gasteiger partial charge in [-0.1, -0.05) is 62.7 Å². The van der Waals surface area contributed by atoms with E-state index < -0.39 is 17.7 Å². The Morgan fingerprint density at radius 3 is 2.59 bits per heavy atom. The number of hydrogen-bond donors (Lipinski definition) is 2. The predicted octanol–water partition coefficient (Wildman–Crippen LogP) is 5.13. The smallest absolute Gasteiger partial charge is 0.286 e. The van der Waals surface area contributed by atoms with Crippen molar-refractivity contribution in [2.75, 3.05) is 0 Å². The van der Waals surface area contributed by atoms with Crippen molar-refractivity contribution in [3.05, 3.63) is 64.2 Å². The van der Waals surface area contributed by atoms with Gasteiger partial charge in [-0.2, -0.15) is 0 Å². The molecule has 1 aliphatic rings. The lowest BCUT2D eigenvalue weighted by molar-refractivity contribution is -0.127. The molecule has 1 aromatic carbocycles. The molecule has 0 spiro atoms. The summed E-state index contributed by atoms with van der Waals surface area (Å²) in [5.74, 6) is -0.497. The second-order valence-corrected chi connectivity index (χ2v) is 11.6. The summed E-state index contributed by atoms with van der Waals surface area (Å²) in [6, 6.07) is 11.9. The molecule has 2 amide bonds. The number of Topliss-reactive ketones (excluding diaryl/α,β-unsaturated/α-hetero) is 1. The van der Waals surface area contributed by atoms with Crippen LogP contribution < -0.4 is 10.6 Å². The van der Waals surface area contributed by atoms with Gasteiger partial charge in [-0.3, -0.25) is 14.4 Å². The summed E-state index contributed by atoms with van der Waals surface area (Å²) in [7, 11) is 0. The van der Waals surface area contributed by atoms with Crippen molar-refractivity contribution < 1.29 is 18.8 Å². The molecule has 1 saturated carbocycles. The molecule has 3 atom stereocenters. The number of carbonyl (C=O) groups is 3. The Bertz CT molecular complexity index is 1180. The summed E-state index contributed by atoms with van der Waals surface area (Å²) in [4.78, 5) is 40.6. The zero-order chi connectivity index (χ0) is 26.2. The van der Waals surface area contributed by atoms with Crippen LogP contribution in [0.3, 0.4) is 0 Å². The number of ketones is 1. The maximum absolute atomic E-state index is 13.4. The van der Waals surface area contributed by atoms with Crippen molar-refractivity contribution >= 4 is 40.7 Å². The quantitative estimate of drug-likeness (QED) is 0.256. The lowest BCUT2D eigenvalue weighted by atomic mass is 9.83. The van der Waals surface area contributed by atoms with E-state index in [1.54, 1.807) is 23.5 Å². The number of carbonyl (C=O) groups excluding carboxylic acids is 3. The molecule has 0 radical (unpaired) electrons. The van der Waals surface area contributed by atoms with Gasteiger partial charge in [-0.15, -0.1) is 21.5 Å². The third kappa shape index (κ3) is 7.52. The minimum Gasteiger partial charge on any atom is -0.408 e. The van der Waals surface area contributed by atoms with Gasteiger partial charge in [0.25, 0.3) is 17.0 Å². The molecule has 2 aromatic heterocycles. The van der Waals surface area contributed by atoms with Gasteiger partial charge in [0, 0.05) is 22.2 Å². The number of hydrogen-bond acceptors (Lipinski definition) is 8. The highest BCUT2D eigenvalue weighted by molar-refractivity contribution is 7.98. The van der Waals surface area contributed by atoms with Gasteiger partial charge in [0.1, 0.15) is 0 Å². The predicted molar refractivity (Wildman–Crippen MR) is 144 cm³/mol. The third-order valence-corrected chi connectivity index (χ3v) is 8.26. The first-order valence-corrected chi connectivity index (χ1v) is 14.5. The van der Waals surface area contributed by atoms with E-state index in [0.717, 1.165) is 12.8 Å². The van der Waals surface area contributed by atoms with Crippen LogP contribution in [0.25, 0.3) is 0 Å². The Hall–Kier alpha value is -2.98. The van der Waals surface area contributed by atoms with Crippen molar-refractivity contribution in [3.63, 3.8) is 0 Å². The largest absolute Gasteiger partial charge is 0.408 e. The van der Waals surface area contributed by atoms with E-state index in [0.29, 0.717) is 35.8 Å². The van der Waals surface area contributed by atoms with Gasteiger partial charge in [-0.25, -0.2) is 0 Å². The lowest BCUT2D eigenvalue weighted by Crippen LogP contribution is -2.52. The topological polar surface area (TPSA) is 114 Å². The number of nitrogens with zero attached hydrogens (tertiary/aromatic N) is 2. The van der Waals surface area contributed by atoms with Crippen molar-refractivity contribution in [3.8, 4) is 0 Å². The van der Waals surface area contributed by atoms with Crippen LogP contribution in [0.1, 0.15) is 71.9 Å². The Kier molecular flexibility index (Phi) is 9.51. The Balaban J connectivity index is 1.41. The number of thiophene rings is 1. The number of rotatable bonds is 11. The summed E-state index contributed by atoms with van der Waals surface area (Å²) in [6.45, 7) is 3.98. The average Bonchev–Trinajstić information content (AvgIpc) is 3.59. The molecular weight excluding hydrogens is 508 g/mol. The first-order valence-electron chi connectivity index (χ1n) is 12.6. The van der Waals surface area contributed by atoms with E-state index in [2.05, 4.69) is 20.8 Å². The summed E-state index contributed by atoms with van der Waals surface area (Å²) in [6.07, 6.45) is 3.64. The maximum Gasteiger partial charge on any atom is 0.286 e. The second-order valence-electron chi connectivity index (χ2n) is 9.63. The molecule has 2 heterocycles. The van der Waals surface area contributed by atoms with E-state index >= 15 is 0 Å². The third-order valence-electron chi connectivity index (χ3n) is 6.33. The molecule has 37 heavy (non-hydrogen) atoms. The molecule has 0 saturated heterocycles. The average molecular weight is 541 g/mol. The van der Waals surface area contributed by atoms with Crippen LogP contribution in [0.5, 0.6) is 0 Å². The van der Waals surface area contributed by atoms with Crippen LogP contribution in [-0.2, 0) is 10.5 Å². The van der Waals surface area contributed by atoms with E-state index in [9.17, 15) is 14.4 Å². The maximum atomic E-state index is 13.4. The normalized spacial score (nSPS) is 18.4. The lowest BCUT2D eigenvalue weighted by Gasteiger charge is -2.32. The zero-order valence-corrected chi connectivity index (χ0v) is 22.6. The second kappa shape index (κ2) is 13.0. The Morgan fingerprint density at radius 2 is 1.86 bits per heavy atom. The van der Waals surface area contributed by atoms with Crippen LogP contribution in [0.2, 0.25) is 0 Å². The molecule has 8 nitrogen and oxygen atoms in total. The van der Waals surface area contributed by atoms with Crippen LogP contribution in [0.15, 0.2) is 57.5 Å². The Morgan fingerprint density at radius 1 is 1.08 bits per heavy atom. The molecule has 0 aliphatic heterocycles. The van der Waals surface area contributed by atoms with E-state index in [1.807, 2.05) is 49.6 Å². The summed E-state index contributed by atoms with van der Waals surface area (Å²) in [5.41, 5.74) is 0.559. The standard InChI is InChI=1S/C27H32N4O4S2/c1-17(2)15-22(23(32)26-30-31-27(35-26)37-16-19-11-8-14-36-19)29-25(34)20-12-6-7-13-21(20)28-24(33)18-9-4-3-5-10-18/h3-5,8-11,14,17,20-22H,6-7,12-13,15-16H2,1-2H3,(H,28,33)(H,29,34)/t20-,21+,22+/m1/s1. The number of aromatic nitrogens is 2. The molecule has 0 unspecified atom stereocenters. The van der Waals surface area contributed by atoms with Crippen LogP contribution in [0.4, 0.5) is 0 Å². The number of nitrogens with one attached hydrogen (secondary N) is 2. The fraction of sp³-hybridized carbons (Fsp3) is 0.444. The SMILES string of the molecule is CC(C)C[C@H](NC(=O)[C@@H]1CCCC[C@@H]1NC(=O)c1ccccc1)C(=O)c1nnc(SCc2cccs2)o1. The highest BCUT2D eigenvalue weighted by Gasteiger charge is 2.35. The fourth-order valence-electron chi connectivity index (χ4n) is 4.48. The molecule has 1 aliphatic carbocycles. The van der Waals surface area contributed by atoms with Gasteiger partial charge in [0.2, 0.25) is 11.7 Å². The van der Waals surface area contributed by atoms with Crippen molar-refractivity contribution in [2.45, 2.75) is 69.0 Å². The molecule has 10 heteroatoms. The van der Waals surface area contributed by atoms with E-state index in [-0.39, 0.29) is 29.7 Å². The van der Waals surface area contributed by atoms with Crippen molar-refractivity contribution in [1.82, 2.24) is 20.8 Å². The summed E-state index contributed by atoms with van der Waals surface area (Å²) in [5, 5.41) is 16.3. The Labute approximate surface area is 225 Å². The van der Waals surface area contributed by atoms with Gasteiger partial charge >= 0.3 is 0 Å². The van der Waals surface area contributed by atoms with Gasteiger partial charge in [0.15, 0.2) is 0 Å². The first kappa shape index (κ1) is 27.1. The molecule has 2 N–H and O–H groups in total. The number of amides is 2. The monoisotopic (exact) mass is 540 g/mol. The molecule has 0 bridgehead atoms. The molecular formula is C27H32N4O4S2. The van der Waals surface area contributed by atoms with Crippen LogP contribution >= 0.6 is 23.1 Å². The van der Waals surface area contributed by atoms with Crippen LogP contribution in [0, 0.1) is 11.8 Å². The van der Waals surface area contributed by atoms with Crippen molar-refractivity contribution in [2.24, 2.45) is 11.8 Å². The summed E-state index contributed by atoms with van der Waals surface area (Å²) >= 11 is 3.01. The fourth-order valence-corrected chi connectivity index (χ4v) is 6.02. The van der Waals surface area contributed by atoms with Crippen molar-refractivity contribution in [1.29, 1.82) is 0 Å². The van der Waals surface area contributed by atoms with Gasteiger partial charge in [0.05, 0.1) is 12.0 Å². The van der Waals surface area contributed by atoms with Gasteiger partial charge < -0.3 is 15.1 Å². The summed E-state index contributed by atoms with van der Waals surface area (Å²) < 4.78 is 5.64. The molecule has 3 aromatic rings. The molecule has 4 rings (SSSR count). The number of benzene rings is 1. The molecule has 1 fully saturated rings. The number of thioether (sulfide) groups is 1. The van der Waals surface area contributed by atoms with E-state index in [4.69, 9.17) is 4.42 Å². The first-order chi connectivity index (χ1) is 17.9. The highest BCUT2D eigenvalue weighted by atomic mass is 32.2. The van der Waals surface area contributed by atoms with E-state index in [1.165, 1.54) is 16.6 Å².